The quantitative estimate of drug-likeness (QED) is 0.546. The van der Waals surface area contributed by atoms with E-state index in [1.54, 1.807) is 0 Å². The Balaban J connectivity index is 1.85. The molecule has 1 atom stereocenters. The van der Waals surface area contributed by atoms with Crippen molar-refractivity contribution in [3.63, 3.8) is 0 Å². The average Bonchev–Trinajstić information content (AvgIpc) is 3.25. The second kappa shape index (κ2) is 7.85. The lowest BCUT2D eigenvalue weighted by molar-refractivity contribution is 0.657. The summed E-state index contributed by atoms with van der Waals surface area (Å²) in [5, 5.41) is 4.29. The van der Waals surface area contributed by atoms with E-state index in [-0.39, 0.29) is 0 Å². The van der Waals surface area contributed by atoms with Gasteiger partial charge in [-0.05, 0) is 35.3 Å². The van der Waals surface area contributed by atoms with Gasteiger partial charge in [-0.25, -0.2) is 0 Å². The third-order valence-corrected chi connectivity index (χ3v) is 7.57. The third-order valence-electron chi connectivity index (χ3n) is 5.05. The highest BCUT2D eigenvalue weighted by Gasteiger charge is 2.24. The molecule has 0 saturated heterocycles. The molecule has 1 aliphatic rings. The second-order valence-electron chi connectivity index (χ2n) is 6.70. The molecule has 1 aliphatic carbocycles. The first-order valence-corrected chi connectivity index (χ1v) is 10.5. The molecule has 4 rings (SSSR count). The first-order chi connectivity index (χ1) is 12.8. The molecule has 0 fully saturated rings. The highest BCUT2D eigenvalue weighted by molar-refractivity contribution is 7.79. The number of hydrogen-bond acceptors (Lipinski definition) is 0. The topological polar surface area (TPSA) is 0 Å². The molecular formula is C25H23P. The van der Waals surface area contributed by atoms with Gasteiger partial charge < -0.3 is 0 Å². The zero-order chi connectivity index (χ0) is 17.8. The van der Waals surface area contributed by atoms with E-state index in [2.05, 4.69) is 116 Å². The van der Waals surface area contributed by atoms with Gasteiger partial charge in [-0.3, -0.25) is 0 Å². The molecule has 0 nitrogen and oxygen atoms in total. The van der Waals surface area contributed by atoms with Crippen LogP contribution in [0.5, 0.6) is 0 Å². The first-order valence-electron chi connectivity index (χ1n) is 9.19. The molecule has 3 aromatic carbocycles. The van der Waals surface area contributed by atoms with Crippen LogP contribution in [-0.4, -0.2) is 0 Å². The van der Waals surface area contributed by atoms with Gasteiger partial charge in [0.15, 0.2) is 0 Å². The van der Waals surface area contributed by atoms with Crippen molar-refractivity contribution in [2.75, 3.05) is 0 Å². The lowest BCUT2D eigenvalue weighted by Gasteiger charge is -2.26. The summed E-state index contributed by atoms with van der Waals surface area (Å²) in [4.78, 5) is 0. The molecule has 0 amide bonds. The van der Waals surface area contributed by atoms with Crippen molar-refractivity contribution in [1.29, 1.82) is 0 Å². The predicted octanol–water partition coefficient (Wildman–Crippen LogP) is 5.29. The standard InChI is InChI=1S/C25H23P/c1-20(21-12-8-9-13-21)24-18-10-11-19-25(24)26(22-14-4-2-5-15-22)23-16-6-3-7-17-23/h2-21H,1H3/t20-/m0/s1. The van der Waals surface area contributed by atoms with E-state index in [0.29, 0.717) is 11.8 Å². The fourth-order valence-electron chi connectivity index (χ4n) is 3.65. The monoisotopic (exact) mass is 354 g/mol. The average molecular weight is 354 g/mol. The second-order valence-corrected chi connectivity index (χ2v) is 8.89. The summed E-state index contributed by atoms with van der Waals surface area (Å²) in [5.41, 5.74) is 1.47. The summed E-state index contributed by atoms with van der Waals surface area (Å²) in [6, 6.07) is 30.9. The van der Waals surface area contributed by atoms with E-state index < -0.39 is 7.92 Å². The van der Waals surface area contributed by atoms with Crippen LogP contribution >= 0.6 is 7.92 Å². The van der Waals surface area contributed by atoms with Crippen LogP contribution in [0.2, 0.25) is 0 Å². The van der Waals surface area contributed by atoms with E-state index in [4.69, 9.17) is 0 Å². The molecule has 0 heterocycles. The molecule has 0 aromatic heterocycles. The van der Waals surface area contributed by atoms with Crippen LogP contribution in [0.15, 0.2) is 109 Å². The van der Waals surface area contributed by atoms with Crippen LogP contribution in [0, 0.1) is 5.92 Å². The maximum atomic E-state index is 2.35. The van der Waals surface area contributed by atoms with Crippen LogP contribution in [-0.2, 0) is 0 Å². The fraction of sp³-hybridized carbons (Fsp3) is 0.120. The Hall–Kier alpha value is -2.43. The molecule has 0 N–H and O–H groups in total. The summed E-state index contributed by atoms with van der Waals surface area (Å²) in [6.45, 7) is 2.35. The fourth-order valence-corrected chi connectivity index (χ4v) is 6.21. The zero-order valence-corrected chi connectivity index (χ0v) is 15.9. The summed E-state index contributed by atoms with van der Waals surface area (Å²) in [6.07, 6.45) is 8.96. The third kappa shape index (κ3) is 3.43. The summed E-state index contributed by atoms with van der Waals surface area (Å²) >= 11 is 0. The zero-order valence-electron chi connectivity index (χ0n) is 15.0. The highest BCUT2D eigenvalue weighted by Crippen LogP contribution is 2.38. The van der Waals surface area contributed by atoms with Gasteiger partial charge in [-0.2, -0.15) is 0 Å². The summed E-state index contributed by atoms with van der Waals surface area (Å²) in [5.74, 6) is 0.957. The van der Waals surface area contributed by atoms with Crippen LogP contribution in [0.1, 0.15) is 18.4 Å². The molecule has 0 bridgehead atoms. The van der Waals surface area contributed by atoms with Crippen LogP contribution in [0.3, 0.4) is 0 Å². The van der Waals surface area contributed by atoms with E-state index in [9.17, 15) is 0 Å². The Labute approximate surface area is 157 Å². The van der Waals surface area contributed by atoms with E-state index in [1.165, 1.54) is 21.5 Å². The Morgan fingerprint density at radius 2 is 1.15 bits per heavy atom. The number of allylic oxidation sites excluding steroid dienone is 4. The molecule has 0 aliphatic heterocycles. The van der Waals surface area contributed by atoms with Gasteiger partial charge in [0.2, 0.25) is 0 Å². The highest BCUT2D eigenvalue weighted by atomic mass is 31.1. The van der Waals surface area contributed by atoms with E-state index >= 15 is 0 Å². The largest absolute Gasteiger partial charge is 0.0770 e. The lowest BCUT2D eigenvalue weighted by atomic mass is 9.89. The predicted molar refractivity (Wildman–Crippen MR) is 115 cm³/mol. The van der Waals surface area contributed by atoms with Crippen LogP contribution in [0.25, 0.3) is 0 Å². The summed E-state index contributed by atoms with van der Waals surface area (Å²) < 4.78 is 0. The van der Waals surface area contributed by atoms with E-state index in [0.717, 1.165) is 0 Å². The van der Waals surface area contributed by atoms with Crippen molar-refractivity contribution in [3.05, 3.63) is 115 Å². The first kappa shape index (κ1) is 17.0. The lowest BCUT2D eigenvalue weighted by Crippen LogP contribution is -2.25. The van der Waals surface area contributed by atoms with Gasteiger partial charge in [0.25, 0.3) is 0 Å². The molecule has 0 spiro atoms. The molecule has 0 saturated carbocycles. The minimum absolute atomic E-state index is 0.471. The number of hydrogen-bond donors (Lipinski definition) is 0. The number of rotatable bonds is 5. The van der Waals surface area contributed by atoms with Gasteiger partial charge in [0.1, 0.15) is 0 Å². The summed E-state index contributed by atoms with van der Waals surface area (Å²) in [7, 11) is -0.562. The van der Waals surface area contributed by atoms with Gasteiger partial charge in [-0.1, -0.05) is 116 Å². The Morgan fingerprint density at radius 1 is 0.654 bits per heavy atom. The molecule has 1 heteroatoms. The molecule has 26 heavy (non-hydrogen) atoms. The Morgan fingerprint density at radius 3 is 1.73 bits per heavy atom. The van der Waals surface area contributed by atoms with Crippen molar-refractivity contribution in [1.82, 2.24) is 0 Å². The molecule has 128 valence electrons. The molecular weight excluding hydrogens is 331 g/mol. The van der Waals surface area contributed by atoms with Gasteiger partial charge in [0, 0.05) is 5.92 Å². The molecule has 0 unspecified atom stereocenters. The van der Waals surface area contributed by atoms with Crippen molar-refractivity contribution >= 4 is 23.8 Å². The minimum atomic E-state index is -0.562. The van der Waals surface area contributed by atoms with Gasteiger partial charge in [0.05, 0.1) is 0 Å². The Bertz CT molecular complexity index is 858. The van der Waals surface area contributed by atoms with Crippen molar-refractivity contribution in [3.8, 4) is 0 Å². The minimum Gasteiger partial charge on any atom is -0.0770 e. The van der Waals surface area contributed by atoms with Crippen molar-refractivity contribution in [2.24, 2.45) is 5.92 Å². The smallest absolute Gasteiger partial charge is 0.00191 e. The molecule has 3 aromatic rings. The normalized spacial score (nSPS) is 14.8. The van der Waals surface area contributed by atoms with Gasteiger partial charge >= 0.3 is 0 Å². The van der Waals surface area contributed by atoms with Crippen molar-refractivity contribution in [2.45, 2.75) is 12.8 Å². The molecule has 0 radical (unpaired) electrons. The van der Waals surface area contributed by atoms with E-state index in [1.807, 2.05) is 0 Å². The van der Waals surface area contributed by atoms with Crippen molar-refractivity contribution < 1.29 is 0 Å². The maximum Gasteiger partial charge on any atom is 0.00191 e. The maximum absolute atomic E-state index is 2.35. The number of benzene rings is 3. The van der Waals surface area contributed by atoms with Crippen LogP contribution in [0.4, 0.5) is 0 Å². The van der Waals surface area contributed by atoms with Crippen LogP contribution < -0.4 is 15.9 Å². The Kier molecular flexibility index (Phi) is 5.14. The van der Waals surface area contributed by atoms with Gasteiger partial charge in [-0.15, -0.1) is 0 Å². The SMILES string of the molecule is C[C@H](c1ccccc1P(c1ccccc1)c1ccccc1)C1C=CC=C1.